The lowest BCUT2D eigenvalue weighted by atomic mass is 10.1. The topological polar surface area (TPSA) is 68.3 Å². The Morgan fingerprint density at radius 2 is 0.720 bits per heavy atom. The van der Waals surface area contributed by atoms with Crippen molar-refractivity contribution in [2.75, 3.05) is 0 Å². The molecule has 2 rings (SSSR count). The summed E-state index contributed by atoms with van der Waals surface area (Å²) in [6.45, 7) is 7.63. The van der Waals surface area contributed by atoms with Crippen molar-refractivity contribution in [1.29, 1.82) is 0 Å². The van der Waals surface area contributed by atoms with Gasteiger partial charge in [-0.15, -0.1) is 0 Å². The van der Waals surface area contributed by atoms with Gasteiger partial charge >= 0.3 is 0 Å². The molecule has 2 aromatic carbocycles. The van der Waals surface area contributed by atoms with Gasteiger partial charge in [0.25, 0.3) is 0 Å². The molecule has 0 radical (unpaired) electrons. The second-order valence-corrected chi connectivity index (χ2v) is 5.52. The van der Waals surface area contributed by atoms with Gasteiger partial charge in [-0.05, 0) is 34.6 Å². The molecule has 0 fully saturated rings. The highest BCUT2D eigenvalue weighted by Gasteiger charge is 2.00. The molecule has 0 unspecified atom stereocenters. The average molecular weight is 340 g/mol. The van der Waals surface area contributed by atoms with Crippen LogP contribution in [0.15, 0.2) is 54.6 Å². The maximum atomic E-state index is 10.8. The number of carbonyl (C=O) groups excluding carboxylic acids is 4. The molecule has 0 aliphatic heterocycles. The molecular weight excluding hydrogens is 316 g/mol. The highest BCUT2D eigenvalue weighted by Crippen LogP contribution is 2.05. The zero-order valence-electron chi connectivity index (χ0n) is 15.3. The molecule has 0 saturated heterocycles. The van der Waals surface area contributed by atoms with Crippen LogP contribution in [0.1, 0.15) is 65.7 Å². The Kier molecular flexibility index (Phi) is 10.3. The normalized spacial score (nSPS) is 8.84. The highest BCUT2D eigenvalue weighted by atomic mass is 16.1. The van der Waals surface area contributed by atoms with Crippen molar-refractivity contribution in [3.63, 3.8) is 0 Å². The second kappa shape index (κ2) is 11.6. The molecular formula is C21H24O4. The van der Waals surface area contributed by atoms with Crippen LogP contribution in [0.2, 0.25) is 0 Å². The van der Waals surface area contributed by atoms with E-state index >= 15 is 0 Å². The zero-order valence-corrected chi connectivity index (χ0v) is 15.3. The van der Waals surface area contributed by atoms with Gasteiger partial charge in [-0.25, -0.2) is 0 Å². The molecule has 2 aromatic rings. The Labute approximate surface area is 148 Å². The zero-order chi connectivity index (χ0) is 19.4. The van der Waals surface area contributed by atoms with Crippen LogP contribution in [-0.2, 0) is 4.79 Å². The van der Waals surface area contributed by atoms with E-state index in [2.05, 4.69) is 0 Å². The Balaban J connectivity index is 0.000000391. The molecule has 0 atom stereocenters. The van der Waals surface area contributed by atoms with Crippen LogP contribution < -0.4 is 0 Å². The van der Waals surface area contributed by atoms with Gasteiger partial charge in [-0.3, -0.25) is 14.4 Å². The molecule has 0 heterocycles. The Bertz CT molecular complexity index is 676. The van der Waals surface area contributed by atoms with Crippen LogP contribution in [0.3, 0.4) is 0 Å². The Morgan fingerprint density at radius 1 is 0.480 bits per heavy atom. The summed E-state index contributed by atoms with van der Waals surface area (Å²) in [7, 11) is 0. The van der Waals surface area contributed by atoms with Crippen molar-refractivity contribution in [3.8, 4) is 0 Å². The summed E-state index contributed by atoms with van der Waals surface area (Å²) in [6, 6.07) is 15.9. The van der Waals surface area contributed by atoms with Gasteiger partial charge in [0.2, 0.25) is 0 Å². The molecule has 0 amide bonds. The minimum atomic E-state index is 0.0186. The van der Waals surface area contributed by atoms with Crippen molar-refractivity contribution < 1.29 is 19.2 Å². The maximum Gasteiger partial charge on any atom is 0.159 e. The van der Waals surface area contributed by atoms with E-state index in [0.717, 1.165) is 5.56 Å². The van der Waals surface area contributed by atoms with Crippen molar-refractivity contribution in [2.24, 2.45) is 0 Å². The molecule has 4 heteroatoms. The van der Waals surface area contributed by atoms with E-state index in [1.54, 1.807) is 31.2 Å². The minimum absolute atomic E-state index is 0.0186. The number of carbonyl (C=O) groups is 4. The van der Waals surface area contributed by atoms with Crippen molar-refractivity contribution in [1.82, 2.24) is 0 Å². The second-order valence-electron chi connectivity index (χ2n) is 5.52. The molecule has 0 N–H and O–H groups in total. The first-order valence-corrected chi connectivity index (χ1v) is 7.80. The third-order valence-electron chi connectivity index (χ3n) is 2.88. The van der Waals surface area contributed by atoms with Gasteiger partial charge in [0.1, 0.15) is 5.78 Å². The first kappa shape index (κ1) is 22.1. The van der Waals surface area contributed by atoms with Crippen molar-refractivity contribution in [2.45, 2.75) is 34.6 Å². The molecule has 0 saturated carbocycles. The standard InChI is InChI=1S/C10H10O2.C8H8O.C3H6O/c1-7(11)9-3-5-10(6-4-9)8(2)12;1-7(9)8-5-3-2-4-6-8;1-3(2)4/h3-6H,1-2H3;2-6H,1H3;1-2H3. The van der Waals surface area contributed by atoms with E-state index in [-0.39, 0.29) is 23.1 Å². The average Bonchev–Trinajstić information content (AvgIpc) is 2.55. The molecule has 0 spiro atoms. The van der Waals surface area contributed by atoms with E-state index < -0.39 is 0 Å². The van der Waals surface area contributed by atoms with E-state index in [9.17, 15) is 19.2 Å². The third-order valence-corrected chi connectivity index (χ3v) is 2.88. The van der Waals surface area contributed by atoms with Crippen LogP contribution >= 0.6 is 0 Å². The summed E-state index contributed by atoms with van der Waals surface area (Å²) in [5, 5.41) is 0. The molecule has 0 aliphatic carbocycles. The van der Waals surface area contributed by atoms with Crippen LogP contribution in [0.4, 0.5) is 0 Å². The highest BCUT2D eigenvalue weighted by molar-refractivity contribution is 5.97. The molecule has 0 bridgehead atoms. The lowest BCUT2D eigenvalue weighted by molar-refractivity contribution is -0.115. The van der Waals surface area contributed by atoms with Crippen LogP contribution in [-0.4, -0.2) is 23.1 Å². The molecule has 25 heavy (non-hydrogen) atoms. The van der Waals surface area contributed by atoms with E-state index in [1.807, 2.05) is 30.3 Å². The number of rotatable bonds is 3. The van der Waals surface area contributed by atoms with Gasteiger partial charge in [0, 0.05) is 16.7 Å². The van der Waals surface area contributed by atoms with Gasteiger partial charge in [-0.1, -0.05) is 54.6 Å². The monoisotopic (exact) mass is 340 g/mol. The number of Topliss-reactive ketones (excluding diaryl/α,β-unsaturated/α-hetero) is 4. The third kappa shape index (κ3) is 10.5. The summed E-state index contributed by atoms with van der Waals surface area (Å²) >= 11 is 0. The fourth-order valence-electron chi connectivity index (χ4n) is 1.61. The van der Waals surface area contributed by atoms with Gasteiger partial charge in [0.05, 0.1) is 0 Å². The minimum Gasteiger partial charge on any atom is -0.300 e. The molecule has 0 aliphatic rings. The lowest BCUT2D eigenvalue weighted by Gasteiger charge is -1.96. The number of hydrogen-bond donors (Lipinski definition) is 0. The molecule has 4 nitrogen and oxygen atoms in total. The molecule has 132 valence electrons. The fraction of sp³-hybridized carbons (Fsp3) is 0.238. The first-order chi connectivity index (χ1) is 11.6. The van der Waals surface area contributed by atoms with Crippen LogP contribution in [0.25, 0.3) is 0 Å². The predicted octanol–water partition coefficient (Wildman–Crippen LogP) is 4.58. The van der Waals surface area contributed by atoms with Crippen molar-refractivity contribution >= 4 is 23.1 Å². The van der Waals surface area contributed by atoms with E-state index in [0.29, 0.717) is 11.1 Å². The van der Waals surface area contributed by atoms with Gasteiger partial charge in [-0.2, -0.15) is 0 Å². The SMILES string of the molecule is CC(=O)c1ccc(C(C)=O)cc1.CC(=O)c1ccccc1.CC(C)=O. The van der Waals surface area contributed by atoms with Crippen molar-refractivity contribution in [3.05, 3.63) is 71.3 Å². The first-order valence-electron chi connectivity index (χ1n) is 7.80. The smallest absolute Gasteiger partial charge is 0.159 e. The predicted molar refractivity (Wildman–Crippen MR) is 99.3 cm³/mol. The van der Waals surface area contributed by atoms with Crippen LogP contribution in [0.5, 0.6) is 0 Å². The fourth-order valence-corrected chi connectivity index (χ4v) is 1.61. The lowest BCUT2D eigenvalue weighted by Crippen LogP contribution is -1.95. The van der Waals surface area contributed by atoms with E-state index in [4.69, 9.17) is 0 Å². The van der Waals surface area contributed by atoms with E-state index in [1.165, 1.54) is 27.7 Å². The largest absolute Gasteiger partial charge is 0.300 e. The summed E-state index contributed by atoms with van der Waals surface area (Å²) < 4.78 is 0. The van der Waals surface area contributed by atoms with Gasteiger partial charge < -0.3 is 4.79 Å². The number of hydrogen-bond acceptors (Lipinski definition) is 4. The number of benzene rings is 2. The Hall–Kier alpha value is -2.88. The maximum absolute atomic E-state index is 10.8. The number of ketones is 4. The summed E-state index contributed by atoms with van der Waals surface area (Å²) in [4.78, 5) is 41.8. The quantitative estimate of drug-likeness (QED) is 0.767. The van der Waals surface area contributed by atoms with Gasteiger partial charge in [0.15, 0.2) is 17.3 Å². The molecule has 0 aromatic heterocycles. The summed E-state index contributed by atoms with van der Waals surface area (Å²) in [6.07, 6.45) is 0. The summed E-state index contributed by atoms with van der Waals surface area (Å²) in [5.41, 5.74) is 2.05. The van der Waals surface area contributed by atoms with Crippen LogP contribution in [0, 0.1) is 0 Å². The Morgan fingerprint density at radius 3 is 0.920 bits per heavy atom. The summed E-state index contributed by atoms with van der Waals surface area (Å²) in [5.74, 6) is 0.325.